The Hall–Kier alpha value is -1.49. The number of hydrogen-bond acceptors (Lipinski definition) is 3. The molecule has 2 amide bonds. The van der Waals surface area contributed by atoms with Crippen LogP contribution in [0.5, 0.6) is 0 Å². The van der Waals surface area contributed by atoms with Gasteiger partial charge in [0.15, 0.2) is 0 Å². The summed E-state index contributed by atoms with van der Waals surface area (Å²) in [6.07, 6.45) is 1.48. The van der Waals surface area contributed by atoms with Crippen LogP contribution in [-0.2, 0) is 5.60 Å². The number of carbonyl (C=O) groups excluding carboxylic acids is 1. The Morgan fingerprint density at radius 2 is 2.31 bits per heavy atom. The third kappa shape index (κ3) is 3.58. The molecule has 0 fully saturated rings. The van der Waals surface area contributed by atoms with E-state index in [2.05, 4.69) is 10.6 Å². The molecule has 16 heavy (non-hydrogen) atoms. The van der Waals surface area contributed by atoms with E-state index in [0.29, 0.717) is 5.76 Å². The topological polar surface area (TPSA) is 74.5 Å². The highest BCUT2D eigenvalue weighted by atomic mass is 16.4. The monoisotopic (exact) mass is 226 g/mol. The number of furan rings is 1. The Bertz CT molecular complexity index is 331. The Morgan fingerprint density at radius 3 is 2.81 bits per heavy atom. The average molecular weight is 226 g/mol. The van der Waals surface area contributed by atoms with Gasteiger partial charge in [-0.05, 0) is 32.9 Å². The van der Waals surface area contributed by atoms with Gasteiger partial charge in [0, 0.05) is 6.04 Å². The van der Waals surface area contributed by atoms with E-state index in [1.54, 1.807) is 19.1 Å². The second kappa shape index (κ2) is 5.03. The third-order valence-electron chi connectivity index (χ3n) is 2.06. The zero-order chi connectivity index (χ0) is 12.2. The van der Waals surface area contributed by atoms with Gasteiger partial charge in [-0.15, -0.1) is 0 Å². The first kappa shape index (κ1) is 12.6. The molecule has 1 heterocycles. The number of urea groups is 1. The van der Waals surface area contributed by atoms with Crippen molar-refractivity contribution in [3.8, 4) is 0 Å². The van der Waals surface area contributed by atoms with E-state index in [9.17, 15) is 9.90 Å². The van der Waals surface area contributed by atoms with Crippen molar-refractivity contribution < 1.29 is 14.3 Å². The quantitative estimate of drug-likeness (QED) is 0.722. The zero-order valence-electron chi connectivity index (χ0n) is 9.78. The molecule has 0 aliphatic carbocycles. The Balaban J connectivity index is 2.45. The molecule has 0 bridgehead atoms. The van der Waals surface area contributed by atoms with Crippen molar-refractivity contribution in [2.75, 3.05) is 6.54 Å². The molecular weight excluding hydrogens is 208 g/mol. The fourth-order valence-electron chi connectivity index (χ4n) is 1.24. The summed E-state index contributed by atoms with van der Waals surface area (Å²) >= 11 is 0. The smallest absolute Gasteiger partial charge is 0.315 e. The van der Waals surface area contributed by atoms with Crippen molar-refractivity contribution in [1.29, 1.82) is 0 Å². The summed E-state index contributed by atoms with van der Waals surface area (Å²) in [6.45, 7) is 5.41. The maximum atomic E-state index is 11.3. The molecule has 0 saturated carbocycles. The SMILES string of the molecule is CC(C)NC(=O)NCC(C)(O)c1ccco1. The van der Waals surface area contributed by atoms with Crippen LogP contribution in [0.4, 0.5) is 4.79 Å². The molecular formula is C11H18N2O3. The molecule has 0 aromatic carbocycles. The summed E-state index contributed by atoms with van der Waals surface area (Å²) in [4.78, 5) is 11.3. The van der Waals surface area contributed by atoms with E-state index in [0.717, 1.165) is 0 Å². The maximum absolute atomic E-state index is 11.3. The van der Waals surface area contributed by atoms with Crippen LogP contribution < -0.4 is 10.6 Å². The van der Waals surface area contributed by atoms with E-state index in [-0.39, 0.29) is 18.6 Å². The van der Waals surface area contributed by atoms with E-state index >= 15 is 0 Å². The highest BCUT2D eigenvalue weighted by Crippen LogP contribution is 2.19. The number of carbonyl (C=O) groups is 1. The van der Waals surface area contributed by atoms with E-state index in [1.165, 1.54) is 6.26 Å². The molecule has 1 unspecified atom stereocenters. The van der Waals surface area contributed by atoms with Crippen LogP contribution in [0, 0.1) is 0 Å². The Kier molecular flexibility index (Phi) is 3.95. The number of nitrogens with one attached hydrogen (secondary N) is 2. The largest absolute Gasteiger partial charge is 0.466 e. The van der Waals surface area contributed by atoms with Crippen molar-refractivity contribution in [2.24, 2.45) is 0 Å². The molecule has 1 rings (SSSR count). The first-order valence-electron chi connectivity index (χ1n) is 5.22. The highest BCUT2D eigenvalue weighted by molar-refractivity contribution is 5.74. The standard InChI is InChI=1S/C11H18N2O3/c1-8(2)13-10(14)12-7-11(3,15)9-5-4-6-16-9/h4-6,8,15H,7H2,1-3H3,(H2,12,13,14). The lowest BCUT2D eigenvalue weighted by Gasteiger charge is -2.21. The summed E-state index contributed by atoms with van der Waals surface area (Å²) in [5.41, 5.74) is -1.20. The number of hydrogen-bond donors (Lipinski definition) is 3. The summed E-state index contributed by atoms with van der Waals surface area (Å²) in [7, 11) is 0. The van der Waals surface area contributed by atoms with E-state index in [4.69, 9.17) is 4.42 Å². The first-order valence-corrected chi connectivity index (χ1v) is 5.22. The van der Waals surface area contributed by atoms with Crippen LogP contribution in [0.2, 0.25) is 0 Å². The lowest BCUT2D eigenvalue weighted by atomic mass is 10.0. The van der Waals surface area contributed by atoms with Crippen molar-refractivity contribution in [1.82, 2.24) is 10.6 Å². The van der Waals surface area contributed by atoms with Crippen molar-refractivity contribution in [3.05, 3.63) is 24.2 Å². The fraction of sp³-hybridized carbons (Fsp3) is 0.545. The Labute approximate surface area is 94.8 Å². The van der Waals surface area contributed by atoms with Gasteiger partial charge in [-0.3, -0.25) is 0 Å². The van der Waals surface area contributed by atoms with Crippen LogP contribution in [0.25, 0.3) is 0 Å². The summed E-state index contributed by atoms with van der Waals surface area (Å²) < 4.78 is 5.09. The number of rotatable bonds is 4. The maximum Gasteiger partial charge on any atom is 0.315 e. The first-order chi connectivity index (χ1) is 7.42. The second-order valence-corrected chi connectivity index (χ2v) is 4.23. The third-order valence-corrected chi connectivity index (χ3v) is 2.06. The van der Waals surface area contributed by atoms with Crippen LogP contribution >= 0.6 is 0 Å². The van der Waals surface area contributed by atoms with Crippen LogP contribution in [-0.4, -0.2) is 23.7 Å². The number of amides is 2. The zero-order valence-corrected chi connectivity index (χ0v) is 9.78. The molecule has 3 N–H and O–H groups in total. The van der Waals surface area contributed by atoms with Crippen LogP contribution in [0.1, 0.15) is 26.5 Å². The molecule has 1 aromatic rings. The predicted molar refractivity (Wildman–Crippen MR) is 59.9 cm³/mol. The average Bonchev–Trinajstić information content (AvgIpc) is 2.67. The van der Waals surface area contributed by atoms with Gasteiger partial charge in [-0.2, -0.15) is 0 Å². The molecule has 0 aliphatic rings. The van der Waals surface area contributed by atoms with Crippen LogP contribution in [0.3, 0.4) is 0 Å². The second-order valence-electron chi connectivity index (χ2n) is 4.23. The predicted octanol–water partition coefficient (Wildman–Crippen LogP) is 1.19. The molecule has 1 atom stereocenters. The van der Waals surface area contributed by atoms with Gasteiger partial charge in [-0.1, -0.05) is 0 Å². The summed E-state index contributed by atoms with van der Waals surface area (Å²) in [6, 6.07) is 3.12. The van der Waals surface area contributed by atoms with Gasteiger partial charge in [0.25, 0.3) is 0 Å². The molecule has 0 spiro atoms. The minimum atomic E-state index is -1.20. The molecule has 5 heteroatoms. The van der Waals surface area contributed by atoms with Gasteiger partial charge in [0.05, 0.1) is 12.8 Å². The van der Waals surface area contributed by atoms with Gasteiger partial charge >= 0.3 is 6.03 Å². The minimum absolute atomic E-state index is 0.0635. The highest BCUT2D eigenvalue weighted by Gasteiger charge is 2.26. The molecule has 0 saturated heterocycles. The molecule has 1 aromatic heterocycles. The lowest BCUT2D eigenvalue weighted by molar-refractivity contribution is 0.0367. The van der Waals surface area contributed by atoms with Gasteiger partial charge < -0.3 is 20.2 Å². The fourth-order valence-corrected chi connectivity index (χ4v) is 1.24. The summed E-state index contributed by atoms with van der Waals surface area (Å²) in [5.74, 6) is 0.428. The molecule has 5 nitrogen and oxygen atoms in total. The van der Waals surface area contributed by atoms with Crippen molar-refractivity contribution in [3.63, 3.8) is 0 Å². The van der Waals surface area contributed by atoms with Crippen molar-refractivity contribution >= 4 is 6.03 Å². The minimum Gasteiger partial charge on any atom is -0.466 e. The normalized spacial score (nSPS) is 14.6. The molecule has 90 valence electrons. The molecule has 0 aliphatic heterocycles. The van der Waals surface area contributed by atoms with Gasteiger partial charge in [-0.25, -0.2) is 4.79 Å². The lowest BCUT2D eigenvalue weighted by Crippen LogP contribution is -2.45. The molecule has 0 radical (unpaired) electrons. The van der Waals surface area contributed by atoms with Crippen LogP contribution in [0.15, 0.2) is 22.8 Å². The van der Waals surface area contributed by atoms with Gasteiger partial charge in [0.2, 0.25) is 0 Å². The van der Waals surface area contributed by atoms with E-state index < -0.39 is 5.60 Å². The summed E-state index contributed by atoms with van der Waals surface area (Å²) in [5, 5.41) is 15.3. The van der Waals surface area contributed by atoms with E-state index in [1.807, 2.05) is 13.8 Å². The Morgan fingerprint density at radius 1 is 1.62 bits per heavy atom. The van der Waals surface area contributed by atoms with Crippen molar-refractivity contribution in [2.45, 2.75) is 32.4 Å². The number of aliphatic hydroxyl groups is 1. The van der Waals surface area contributed by atoms with Gasteiger partial charge in [0.1, 0.15) is 11.4 Å².